The first-order chi connectivity index (χ1) is 14.0. The van der Waals surface area contributed by atoms with Crippen LogP contribution in [0.25, 0.3) is 11.3 Å². The Morgan fingerprint density at radius 3 is 2.69 bits per heavy atom. The molecule has 0 amide bonds. The van der Waals surface area contributed by atoms with Gasteiger partial charge in [0.05, 0.1) is 31.8 Å². The number of methoxy groups -OCH3 is 2. The maximum Gasteiger partial charge on any atom is 0.221 e. The molecular weight excluding hydrogens is 368 g/mol. The molecule has 1 aliphatic rings. The number of rotatable bonds is 5. The first kappa shape index (κ1) is 18.5. The molecule has 8 heteroatoms. The zero-order valence-electron chi connectivity index (χ0n) is 16.3. The Balaban J connectivity index is 1.75. The maximum atomic E-state index is 7.78. The molecule has 0 fully saturated rings. The second-order valence-corrected chi connectivity index (χ2v) is 6.69. The van der Waals surface area contributed by atoms with Crippen molar-refractivity contribution in [3.05, 3.63) is 59.3 Å². The normalized spacial score (nSPS) is 14.1. The van der Waals surface area contributed by atoms with Crippen molar-refractivity contribution < 1.29 is 9.47 Å². The summed E-state index contributed by atoms with van der Waals surface area (Å²) in [5, 5.41) is 12.5. The molecule has 1 aliphatic carbocycles. The predicted octanol–water partition coefficient (Wildman–Crippen LogP) is 2.63. The van der Waals surface area contributed by atoms with Gasteiger partial charge in [-0.15, -0.1) is 0 Å². The molecule has 1 heterocycles. The number of imidazole rings is 1. The molecule has 0 unspecified atom stereocenters. The average Bonchev–Trinajstić information content (AvgIpc) is 3.31. The van der Waals surface area contributed by atoms with Crippen LogP contribution in [0.1, 0.15) is 23.1 Å². The van der Waals surface area contributed by atoms with E-state index in [1.807, 2.05) is 36.4 Å². The third kappa shape index (κ3) is 3.29. The lowest BCUT2D eigenvalue weighted by Crippen LogP contribution is -2.13. The predicted molar refractivity (Wildman–Crippen MR) is 113 cm³/mol. The van der Waals surface area contributed by atoms with E-state index in [4.69, 9.17) is 31.5 Å². The highest BCUT2D eigenvalue weighted by atomic mass is 16.5. The zero-order valence-corrected chi connectivity index (χ0v) is 16.3. The van der Waals surface area contributed by atoms with Gasteiger partial charge < -0.3 is 20.9 Å². The van der Waals surface area contributed by atoms with E-state index in [1.165, 1.54) is 0 Å². The van der Waals surface area contributed by atoms with Gasteiger partial charge in [-0.05, 0) is 36.6 Å². The third-order valence-electron chi connectivity index (χ3n) is 5.01. The smallest absolute Gasteiger partial charge is 0.221 e. The van der Waals surface area contributed by atoms with Gasteiger partial charge in [-0.1, -0.05) is 18.2 Å². The number of hydrogen-bond acceptors (Lipinski definition) is 6. The minimum atomic E-state index is 0.0673. The number of nitrogens with zero attached hydrogens (tertiary/aromatic N) is 3. The molecule has 0 saturated heterocycles. The first-order valence-electron chi connectivity index (χ1n) is 9.13. The molecule has 4 rings (SSSR count). The number of nitrogen functional groups attached to an aromatic ring is 2. The van der Waals surface area contributed by atoms with Crippen molar-refractivity contribution in [3.63, 3.8) is 0 Å². The van der Waals surface area contributed by atoms with Crippen molar-refractivity contribution in [2.24, 2.45) is 10.8 Å². The number of nitrogens with two attached hydrogens (primary N) is 2. The number of ether oxygens (including phenoxy) is 2. The van der Waals surface area contributed by atoms with Gasteiger partial charge in [-0.3, -0.25) is 5.41 Å². The Labute approximate surface area is 168 Å². The number of nitrogens with one attached hydrogen (secondary N) is 1. The number of aromatic nitrogens is 2. The van der Waals surface area contributed by atoms with E-state index in [2.05, 4.69) is 4.98 Å². The van der Waals surface area contributed by atoms with Gasteiger partial charge in [-0.25, -0.2) is 9.66 Å². The van der Waals surface area contributed by atoms with E-state index in [9.17, 15) is 0 Å². The van der Waals surface area contributed by atoms with Gasteiger partial charge in [-0.2, -0.15) is 5.10 Å². The molecular formula is C21H22N6O2. The summed E-state index contributed by atoms with van der Waals surface area (Å²) in [7, 11) is 3.21. The van der Waals surface area contributed by atoms with E-state index in [1.54, 1.807) is 25.1 Å². The molecule has 5 N–H and O–H groups in total. The van der Waals surface area contributed by atoms with Crippen LogP contribution in [-0.4, -0.2) is 35.4 Å². The van der Waals surface area contributed by atoms with E-state index in [-0.39, 0.29) is 11.8 Å². The Morgan fingerprint density at radius 2 is 1.97 bits per heavy atom. The molecule has 1 aromatic heterocycles. The summed E-state index contributed by atoms with van der Waals surface area (Å²) in [6.45, 7) is 0. The zero-order chi connectivity index (χ0) is 20.5. The Morgan fingerprint density at radius 1 is 1.14 bits per heavy atom. The SMILES string of the molecule is COc1ccc(OC)c(-c2cn(/N=C3\CCc4c(C(=N)N)cccc43)c(N)n2)c1. The van der Waals surface area contributed by atoms with Gasteiger partial charge in [0, 0.05) is 16.7 Å². The fourth-order valence-electron chi connectivity index (χ4n) is 3.60. The van der Waals surface area contributed by atoms with E-state index >= 15 is 0 Å². The molecule has 0 radical (unpaired) electrons. The lowest BCUT2D eigenvalue weighted by Gasteiger charge is -2.08. The third-order valence-corrected chi connectivity index (χ3v) is 5.01. The van der Waals surface area contributed by atoms with Crippen LogP contribution in [0, 0.1) is 5.41 Å². The largest absolute Gasteiger partial charge is 0.497 e. The van der Waals surface area contributed by atoms with Crippen LogP contribution in [0.4, 0.5) is 5.95 Å². The molecule has 0 aliphatic heterocycles. The van der Waals surface area contributed by atoms with Crippen molar-refractivity contribution in [2.45, 2.75) is 12.8 Å². The van der Waals surface area contributed by atoms with Crippen molar-refractivity contribution in [3.8, 4) is 22.8 Å². The van der Waals surface area contributed by atoms with E-state index in [0.29, 0.717) is 17.2 Å². The van der Waals surface area contributed by atoms with Crippen molar-refractivity contribution in [1.29, 1.82) is 5.41 Å². The topological polar surface area (TPSA) is 125 Å². The van der Waals surface area contributed by atoms with Gasteiger partial charge in [0.25, 0.3) is 0 Å². The lowest BCUT2D eigenvalue weighted by molar-refractivity contribution is 0.404. The summed E-state index contributed by atoms with van der Waals surface area (Å²) in [5.74, 6) is 1.70. The fraction of sp³-hybridized carbons (Fsp3) is 0.190. The minimum absolute atomic E-state index is 0.0673. The summed E-state index contributed by atoms with van der Waals surface area (Å²) in [6.07, 6.45) is 3.30. The molecule has 3 aromatic rings. The van der Waals surface area contributed by atoms with Crippen molar-refractivity contribution in [1.82, 2.24) is 9.66 Å². The fourth-order valence-corrected chi connectivity index (χ4v) is 3.60. The van der Waals surface area contributed by atoms with E-state index < -0.39 is 0 Å². The second kappa shape index (κ2) is 7.31. The van der Waals surface area contributed by atoms with Crippen LogP contribution >= 0.6 is 0 Å². The van der Waals surface area contributed by atoms with Crippen molar-refractivity contribution in [2.75, 3.05) is 20.0 Å². The standard InChI is InChI=1S/C21H22N6O2/c1-28-12-6-9-19(29-2)16(10-12)18-11-27(21(24)25-18)26-17-8-7-13-14(17)4-3-5-15(13)20(22)23/h3-6,9-11H,7-8H2,1-2H3,(H3,22,23)(H2,24,25)/b26-17+. The van der Waals surface area contributed by atoms with Gasteiger partial charge in [0.1, 0.15) is 17.3 Å². The highest BCUT2D eigenvalue weighted by molar-refractivity contribution is 6.08. The maximum absolute atomic E-state index is 7.78. The van der Waals surface area contributed by atoms with Crippen LogP contribution in [0.2, 0.25) is 0 Å². The molecule has 0 bridgehead atoms. The number of anilines is 1. The second-order valence-electron chi connectivity index (χ2n) is 6.69. The summed E-state index contributed by atoms with van der Waals surface area (Å²) in [6, 6.07) is 11.2. The van der Waals surface area contributed by atoms with Crippen LogP contribution < -0.4 is 20.9 Å². The Hall–Kier alpha value is -3.81. The number of hydrogen-bond donors (Lipinski definition) is 3. The van der Waals surface area contributed by atoms with Gasteiger partial charge in [0.15, 0.2) is 0 Å². The monoisotopic (exact) mass is 390 g/mol. The number of amidine groups is 1. The molecule has 148 valence electrons. The van der Waals surface area contributed by atoms with Gasteiger partial charge >= 0.3 is 0 Å². The van der Waals surface area contributed by atoms with Crippen LogP contribution in [0.15, 0.2) is 47.7 Å². The summed E-state index contributed by atoms with van der Waals surface area (Å²) in [4.78, 5) is 4.45. The molecule has 29 heavy (non-hydrogen) atoms. The van der Waals surface area contributed by atoms with Gasteiger partial charge in [0.2, 0.25) is 5.95 Å². The molecule has 0 atom stereocenters. The number of benzene rings is 2. The lowest BCUT2D eigenvalue weighted by atomic mass is 10.0. The quantitative estimate of drug-likeness (QED) is 0.456. The van der Waals surface area contributed by atoms with Crippen LogP contribution in [0.5, 0.6) is 11.5 Å². The minimum Gasteiger partial charge on any atom is -0.497 e. The summed E-state index contributed by atoms with van der Waals surface area (Å²) >= 11 is 0. The number of fused-ring (bicyclic) bond motifs is 1. The van der Waals surface area contributed by atoms with E-state index in [0.717, 1.165) is 40.8 Å². The highest BCUT2D eigenvalue weighted by Gasteiger charge is 2.22. The average molecular weight is 390 g/mol. The summed E-state index contributed by atoms with van der Waals surface area (Å²) in [5.41, 5.74) is 16.9. The van der Waals surface area contributed by atoms with Crippen LogP contribution in [0.3, 0.4) is 0 Å². The molecule has 8 nitrogen and oxygen atoms in total. The first-order valence-corrected chi connectivity index (χ1v) is 9.13. The molecule has 0 spiro atoms. The van der Waals surface area contributed by atoms with Crippen molar-refractivity contribution >= 4 is 17.5 Å². The van der Waals surface area contributed by atoms with Crippen LogP contribution in [-0.2, 0) is 6.42 Å². The summed E-state index contributed by atoms with van der Waals surface area (Å²) < 4.78 is 12.3. The Bertz CT molecular complexity index is 1130. The Kier molecular flexibility index (Phi) is 4.67. The molecule has 2 aromatic carbocycles. The highest BCUT2D eigenvalue weighted by Crippen LogP contribution is 2.33. The molecule has 0 saturated carbocycles.